The van der Waals surface area contributed by atoms with Crippen LogP contribution in [0.2, 0.25) is 0 Å². The number of aromatic nitrogens is 1. The van der Waals surface area contributed by atoms with Crippen molar-refractivity contribution in [1.29, 1.82) is 0 Å². The van der Waals surface area contributed by atoms with E-state index < -0.39 is 0 Å². The van der Waals surface area contributed by atoms with Gasteiger partial charge in [-0.15, -0.1) is 0 Å². The van der Waals surface area contributed by atoms with Gasteiger partial charge in [0, 0.05) is 5.56 Å². The van der Waals surface area contributed by atoms with Gasteiger partial charge in [0.1, 0.15) is 11.4 Å². The first-order chi connectivity index (χ1) is 7.22. The number of nitrogens with zero attached hydrogens (tertiary/aromatic N) is 1. The fourth-order valence-electron chi connectivity index (χ4n) is 1.43. The van der Waals surface area contributed by atoms with Crippen LogP contribution in [-0.4, -0.2) is 12.3 Å². The summed E-state index contributed by atoms with van der Waals surface area (Å²) in [7, 11) is 1.63. The Bertz CT molecular complexity index is 477. The van der Waals surface area contributed by atoms with Crippen LogP contribution in [0.5, 0.6) is 5.75 Å². The Kier molecular flexibility index (Phi) is 2.33. The third-order valence-electron chi connectivity index (χ3n) is 2.27. The van der Waals surface area contributed by atoms with E-state index in [0.29, 0.717) is 11.4 Å². The summed E-state index contributed by atoms with van der Waals surface area (Å²) in [6.07, 6.45) is 1.49. The number of rotatable bonds is 2. The highest BCUT2D eigenvalue weighted by atomic mass is 16.5. The Hall–Kier alpha value is -1.97. The first-order valence-corrected chi connectivity index (χ1v) is 4.57. The molecular weight excluding hydrogens is 192 g/mol. The van der Waals surface area contributed by atoms with Gasteiger partial charge in [-0.2, -0.15) is 0 Å². The van der Waals surface area contributed by atoms with Crippen molar-refractivity contribution in [1.82, 2.24) is 5.16 Å². The Labute approximate surface area is 87.6 Å². The fourth-order valence-corrected chi connectivity index (χ4v) is 1.43. The Morgan fingerprint density at radius 3 is 2.80 bits per heavy atom. The highest BCUT2D eigenvalue weighted by Crippen LogP contribution is 2.29. The Morgan fingerprint density at radius 1 is 1.40 bits per heavy atom. The summed E-state index contributed by atoms with van der Waals surface area (Å²) < 4.78 is 10.3. The van der Waals surface area contributed by atoms with E-state index >= 15 is 0 Å². The van der Waals surface area contributed by atoms with Gasteiger partial charge in [0.25, 0.3) is 0 Å². The second-order valence-electron chi connectivity index (χ2n) is 3.29. The molecule has 1 aromatic heterocycles. The lowest BCUT2D eigenvalue weighted by atomic mass is 10.1. The second kappa shape index (κ2) is 3.65. The average Bonchev–Trinajstić information content (AvgIpc) is 2.65. The van der Waals surface area contributed by atoms with E-state index in [0.717, 1.165) is 16.9 Å². The molecule has 2 N–H and O–H groups in total. The number of hydrogen-bond donors (Lipinski definition) is 1. The van der Waals surface area contributed by atoms with Gasteiger partial charge in [-0.3, -0.25) is 0 Å². The molecule has 0 aliphatic rings. The maximum absolute atomic E-state index is 5.71. The zero-order valence-corrected chi connectivity index (χ0v) is 8.65. The minimum Gasteiger partial charge on any atom is -0.496 e. The molecular formula is C11H12N2O2. The summed E-state index contributed by atoms with van der Waals surface area (Å²) in [5.41, 5.74) is 8.17. The van der Waals surface area contributed by atoms with Crippen LogP contribution in [0.3, 0.4) is 0 Å². The summed E-state index contributed by atoms with van der Waals surface area (Å²) in [6, 6.07) is 5.76. The molecule has 4 nitrogen and oxygen atoms in total. The lowest BCUT2D eigenvalue weighted by Crippen LogP contribution is -1.89. The second-order valence-corrected chi connectivity index (χ2v) is 3.29. The van der Waals surface area contributed by atoms with Crippen molar-refractivity contribution >= 4 is 5.69 Å². The molecule has 0 aliphatic carbocycles. The molecule has 0 radical (unpaired) electrons. The Morgan fingerprint density at radius 2 is 2.20 bits per heavy atom. The molecule has 0 atom stereocenters. The molecule has 1 heterocycles. The lowest BCUT2D eigenvalue weighted by Gasteiger charge is -2.05. The molecule has 0 aliphatic heterocycles. The lowest BCUT2D eigenvalue weighted by molar-refractivity contribution is 0.410. The molecule has 0 fully saturated rings. The molecule has 0 unspecified atom stereocenters. The van der Waals surface area contributed by atoms with Crippen LogP contribution in [0.15, 0.2) is 28.9 Å². The predicted molar refractivity (Wildman–Crippen MR) is 57.6 cm³/mol. The van der Waals surface area contributed by atoms with Crippen molar-refractivity contribution in [2.24, 2.45) is 0 Å². The average molecular weight is 204 g/mol. The van der Waals surface area contributed by atoms with E-state index in [1.165, 1.54) is 6.20 Å². The van der Waals surface area contributed by atoms with E-state index in [2.05, 4.69) is 5.16 Å². The predicted octanol–water partition coefficient (Wildman–Crippen LogP) is 2.24. The summed E-state index contributed by atoms with van der Waals surface area (Å²) in [5.74, 6) is 1.39. The third-order valence-corrected chi connectivity index (χ3v) is 2.27. The molecule has 78 valence electrons. The number of nitrogen functional groups attached to an aromatic ring is 1. The van der Waals surface area contributed by atoms with Crippen molar-refractivity contribution in [3.05, 3.63) is 30.0 Å². The van der Waals surface area contributed by atoms with E-state index in [1.807, 2.05) is 25.1 Å². The molecule has 1 aromatic carbocycles. The largest absolute Gasteiger partial charge is 0.496 e. The number of hydrogen-bond acceptors (Lipinski definition) is 4. The maximum atomic E-state index is 5.71. The standard InChI is InChI=1S/C11H12N2O2/c1-7-3-4-8(5-10(7)14-2)11-9(12)6-13-15-11/h3-6H,12H2,1-2H3. The number of benzene rings is 1. The van der Waals surface area contributed by atoms with Gasteiger partial charge in [0.05, 0.1) is 13.3 Å². The van der Waals surface area contributed by atoms with Crippen molar-refractivity contribution < 1.29 is 9.26 Å². The summed E-state index contributed by atoms with van der Waals surface area (Å²) in [6.45, 7) is 1.98. The quantitative estimate of drug-likeness (QED) is 0.814. The van der Waals surface area contributed by atoms with Crippen LogP contribution in [0.1, 0.15) is 5.56 Å². The van der Waals surface area contributed by atoms with Gasteiger partial charge in [-0.1, -0.05) is 17.3 Å². The zero-order chi connectivity index (χ0) is 10.8. The van der Waals surface area contributed by atoms with Gasteiger partial charge < -0.3 is 15.0 Å². The first-order valence-electron chi connectivity index (χ1n) is 4.57. The van der Waals surface area contributed by atoms with Crippen LogP contribution >= 0.6 is 0 Å². The minimum atomic E-state index is 0.529. The van der Waals surface area contributed by atoms with E-state index in [4.69, 9.17) is 15.0 Å². The van der Waals surface area contributed by atoms with E-state index in [-0.39, 0.29) is 0 Å². The van der Waals surface area contributed by atoms with Crippen LogP contribution in [0.25, 0.3) is 11.3 Å². The number of ether oxygens (including phenoxy) is 1. The number of anilines is 1. The Balaban J connectivity index is 2.51. The smallest absolute Gasteiger partial charge is 0.189 e. The normalized spacial score (nSPS) is 10.3. The van der Waals surface area contributed by atoms with Crippen LogP contribution in [0, 0.1) is 6.92 Å². The van der Waals surface area contributed by atoms with Gasteiger partial charge in [0.15, 0.2) is 5.76 Å². The molecule has 0 bridgehead atoms. The molecule has 4 heteroatoms. The highest BCUT2D eigenvalue weighted by molar-refractivity contribution is 5.71. The molecule has 2 rings (SSSR count). The van der Waals surface area contributed by atoms with Crippen LogP contribution < -0.4 is 10.5 Å². The summed E-state index contributed by atoms with van der Waals surface area (Å²) in [4.78, 5) is 0. The van der Waals surface area contributed by atoms with Crippen LogP contribution in [0.4, 0.5) is 5.69 Å². The van der Waals surface area contributed by atoms with Gasteiger partial charge in [0.2, 0.25) is 0 Å². The number of aryl methyl sites for hydroxylation is 1. The summed E-state index contributed by atoms with van der Waals surface area (Å²) >= 11 is 0. The number of methoxy groups -OCH3 is 1. The van der Waals surface area contributed by atoms with Crippen molar-refractivity contribution in [2.45, 2.75) is 6.92 Å². The zero-order valence-electron chi connectivity index (χ0n) is 8.65. The van der Waals surface area contributed by atoms with Gasteiger partial charge in [-0.05, 0) is 18.6 Å². The first kappa shape index (κ1) is 9.58. The molecule has 0 saturated heterocycles. The van der Waals surface area contributed by atoms with Crippen LogP contribution in [-0.2, 0) is 0 Å². The van der Waals surface area contributed by atoms with E-state index in [1.54, 1.807) is 7.11 Å². The number of nitrogens with two attached hydrogens (primary N) is 1. The molecule has 0 spiro atoms. The minimum absolute atomic E-state index is 0.529. The van der Waals surface area contributed by atoms with Crippen molar-refractivity contribution in [3.63, 3.8) is 0 Å². The summed E-state index contributed by atoms with van der Waals surface area (Å²) in [5, 5.41) is 3.64. The van der Waals surface area contributed by atoms with E-state index in [9.17, 15) is 0 Å². The SMILES string of the molecule is COc1cc(-c2oncc2N)ccc1C. The maximum Gasteiger partial charge on any atom is 0.189 e. The molecule has 15 heavy (non-hydrogen) atoms. The molecule has 0 amide bonds. The van der Waals surface area contributed by atoms with Gasteiger partial charge >= 0.3 is 0 Å². The van der Waals surface area contributed by atoms with Crippen molar-refractivity contribution in [2.75, 3.05) is 12.8 Å². The molecule has 2 aromatic rings. The van der Waals surface area contributed by atoms with Gasteiger partial charge in [-0.25, -0.2) is 0 Å². The fraction of sp³-hybridized carbons (Fsp3) is 0.182. The van der Waals surface area contributed by atoms with Crippen molar-refractivity contribution in [3.8, 4) is 17.1 Å². The topological polar surface area (TPSA) is 61.3 Å². The highest BCUT2D eigenvalue weighted by Gasteiger charge is 2.09. The third kappa shape index (κ3) is 1.66. The molecule has 0 saturated carbocycles. The monoisotopic (exact) mass is 204 g/mol.